The van der Waals surface area contributed by atoms with Crippen molar-refractivity contribution >= 4 is 15.7 Å². The summed E-state index contributed by atoms with van der Waals surface area (Å²) in [5, 5.41) is 0. The van der Waals surface area contributed by atoms with Crippen LogP contribution in [0.25, 0.3) is 0 Å². The van der Waals surface area contributed by atoms with Crippen molar-refractivity contribution in [3.63, 3.8) is 0 Å². The van der Waals surface area contributed by atoms with E-state index < -0.39 is 10.0 Å². The molecule has 0 saturated carbocycles. The van der Waals surface area contributed by atoms with Crippen LogP contribution in [0.3, 0.4) is 0 Å². The lowest BCUT2D eigenvalue weighted by Gasteiger charge is -2.22. The van der Waals surface area contributed by atoms with E-state index in [1.54, 1.807) is 24.3 Å². The number of hydrogen-bond donors (Lipinski definition) is 1. The van der Waals surface area contributed by atoms with Crippen LogP contribution in [0.1, 0.15) is 18.9 Å². The molecule has 0 spiro atoms. The molecule has 0 fully saturated rings. The molecule has 0 saturated heterocycles. The topological polar surface area (TPSA) is 63.4 Å². The maximum atomic E-state index is 12.7. The van der Waals surface area contributed by atoms with Crippen molar-refractivity contribution in [2.45, 2.75) is 24.8 Å². The third kappa shape index (κ3) is 3.83. The standard InChI is InChI=1S/C16H20N2O2S/c1-2-12-18(13-14-6-4-3-5-7-14)21(19,20)16-10-8-15(17)9-11-16/h3-11H,2,12-13,17H2,1H3. The summed E-state index contributed by atoms with van der Waals surface area (Å²) in [4.78, 5) is 0.279. The van der Waals surface area contributed by atoms with Gasteiger partial charge < -0.3 is 5.73 Å². The van der Waals surface area contributed by atoms with Crippen LogP contribution in [-0.2, 0) is 16.6 Å². The van der Waals surface area contributed by atoms with E-state index in [-0.39, 0.29) is 4.90 Å². The Labute approximate surface area is 126 Å². The number of benzene rings is 2. The summed E-state index contributed by atoms with van der Waals surface area (Å²) in [5.41, 5.74) is 7.15. The van der Waals surface area contributed by atoms with Crippen LogP contribution in [0, 0.1) is 0 Å². The van der Waals surface area contributed by atoms with Crippen LogP contribution < -0.4 is 5.73 Å². The first-order chi connectivity index (χ1) is 10.0. The van der Waals surface area contributed by atoms with Gasteiger partial charge in [-0.15, -0.1) is 0 Å². The van der Waals surface area contributed by atoms with Crippen molar-refractivity contribution in [1.29, 1.82) is 0 Å². The second-order valence-corrected chi connectivity index (χ2v) is 6.83. The monoisotopic (exact) mass is 304 g/mol. The van der Waals surface area contributed by atoms with E-state index in [9.17, 15) is 8.42 Å². The number of nitrogen functional groups attached to an aromatic ring is 1. The molecule has 2 aromatic carbocycles. The van der Waals surface area contributed by atoms with Gasteiger partial charge in [-0.3, -0.25) is 0 Å². The minimum atomic E-state index is -3.50. The summed E-state index contributed by atoms with van der Waals surface area (Å²) < 4.78 is 27.0. The van der Waals surface area contributed by atoms with E-state index in [0.29, 0.717) is 18.8 Å². The zero-order valence-corrected chi connectivity index (χ0v) is 12.9. The fourth-order valence-electron chi connectivity index (χ4n) is 2.11. The summed E-state index contributed by atoms with van der Waals surface area (Å²) in [6, 6.07) is 15.9. The Hall–Kier alpha value is -1.85. The average Bonchev–Trinajstić information content (AvgIpc) is 2.48. The van der Waals surface area contributed by atoms with Crippen LogP contribution >= 0.6 is 0 Å². The lowest BCUT2D eigenvalue weighted by atomic mass is 10.2. The first kappa shape index (κ1) is 15.5. The van der Waals surface area contributed by atoms with Crippen LogP contribution in [-0.4, -0.2) is 19.3 Å². The molecule has 0 aromatic heterocycles. The second kappa shape index (κ2) is 6.74. The quantitative estimate of drug-likeness (QED) is 0.835. The molecule has 0 radical (unpaired) electrons. The third-order valence-electron chi connectivity index (χ3n) is 3.19. The Morgan fingerprint density at radius 2 is 1.62 bits per heavy atom. The Bertz CT molecular complexity index is 667. The van der Waals surface area contributed by atoms with Gasteiger partial charge in [-0.1, -0.05) is 37.3 Å². The van der Waals surface area contributed by atoms with E-state index in [0.717, 1.165) is 12.0 Å². The largest absolute Gasteiger partial charge is 0.399 e. The molecule has 0 amide bonds. The molecule has 0 heterocycles. The number of nitrogens with two attached hydrogens (primary N) is 1. The van der Waals surface area contributed by atoms with E-state index in [1.807, 2.05) is 37.3 Å². The van der Waals surface area contributed by atoms with Gasteiger partial charge in [0.05, 0.1) is 4.90 Å². The smallest absolute Gasteiger partial charge is 0.243 e. The predicted molar refractivity (Wildman–Crippen MR) is 85.2 cm³/mol. The summed E-state index contributed by atoms with van der Waals surface area (Å²) >= 11 is 0. The molecule has 21 heavy (non-hydrogen) atoms. The van der Waals surface area contributed by atoms with Crippen molar-refractivity contribution < 1.29 is 8.42 Å². The van der Waals surface area contributed by atoms with Crippen molar-refractivity contribution in [2.24, 2.45) is 0 Å². The summed E-state index contributed by atoms with van der Waals surface area (Å²) in [5.74, 6) is 0. The molecule has 2 N–H and O–H groups in total. The summed E-state index contributed by atoms with van der Waals surface area (Å²) in [6.07, 6.45) is 0.765. The van der Waals surface area contributed by atoms with Crippen LogP contribution in [0.5, 0.6) is 0 Å². The van der Waals surface area contributed by atoms with Gasteiger partial charge in [-0.2, -0.15) is 4.31 Å². The molecule has 0 aliphatic rings. The van der Waals surface area contributed by atoms with Gasteiger partial charge in [0.15, 0.2) is 0 Å². The fourth-order valence-corrected chi connectivity index (χ4v) is 3.63. The molecule has 0 aliphatic heterocycles. The molecular formula is C16H20N2O2S. The van der Waals surface area contributed by atoms with Gasteiger partial charge in [0.25, 0.3) is 0 Å². The first-order valence-corrected chi connectivity index (χ1v) is 8.37. The van der Waals surface area contributed by atoms with E-state index in [1.165, 1.54) is 4.31 Å². The molecule has 0 aliphatic carbocycles. The lowest BCUT2D eigenvalue weighted by molar-refractivity contribution is 0.405. The predicted octanol–water partition coefficient (Wildman–Crippen LogP) is 2.87. The van der Waals surface area contributed by atoms with Gasteiger partial charge in [-0.25, -0.2) is 8.42 Å². The maximum Gasteiger partial charge on any atom is 0.243 e. The Balaban J connectivity index is 2.30. The third-order valence-corrected chi connectivity index (χ3v) is 5.05. The first-order valence-electron chi connectivity index (χ1n) is 6.93. The van der Waals surface area contributed by atoms with Crippen LogP contribution in [0.2, 0.25) is 0 Å². The SMILES string of the molecule is CCCN(Cc1ccccc1)S(=O)(=O)c1ccc(N)cc1. The number of hydrogen-bond acceptors (Lipinski definition) is 3. The number of nitrogens with zero attached hydrogens (tertiary/aromatic N) is 1. The second-order valence-electron chi connectivity index (χ2n) is 4.89. The van der Waals surface area contributed by atoms with Gasteiger partial charge in [-0.05, 0) is 36.2 Å². The van der Waals surface area contributed by atoms with E-state index >= 15 is 0 Å². The van der Waals surface area contributed by atoms with Crippen LogP contribution in [0.15, 0.2) is 59.5 Å². The van der Waals surface area contributed by atoms with E-state index in [2.05, 4.69) is 0 Å². The normalized spacial score (nSPS) is 11.7. The highest BCUT2D eigenvalue weighted by atomic mass is 32.2. The Morgan fingerprint density at radius 3 is 2.19 bits per heavy atom. The summed E-state index contributed by atoms with van der Waals surface area (Å²) in [6.45, 7) is 2.83. The number of rotatable bonds is 6. The molecule has 4 nitrogen and oxygen atoms in total. The summed E-state index contributed by atoms with van der Waals surface area (Å²) in [7, 11) is -3.50. The Kier molecular flexibility index (Phi) is 4.98. The average molecular weight is 304 g/mol. The van der Waals surface area contributed by atoms with Crippen molar-refractivity contribution in [1.82, 2.24) is 4.31 Å². The minimum absolute atomic E-state index is 0.279. The highest BCUT2D eigenvalue weighted by molar-refractivity contribution is 7.89. The highest BCUT2D eigenvalue weighted by Crippen LogP contribution is 2.19. The van der Waals surface area contributed by atoms with Gasteiger partial charge in [0.2, 0.25) is 10.0 Å². The Morgan fingerprint density at radius 1 is 1.00 bits per heavy atom. The zero-order valence-electron chi connectivity index (χ0n) is 12.1. The van der Waals surface area contributed by atoms with Gasteiger partial charge in [0.1, 0.15) is 0 Å². The minimum Gasteiger partial charge on any atom is -0.399 e. The number of anilines is 1. The zero-order chi connectivity index (χ0) is 15.3. The van der Waals surface area contributed by atoms with Crippen molar-refractivity contribution in [3.8, 4) is 0 Å². The molecule has 0 atom stereocenters. The fraction of sp³-hybridized carbons (Fsp3) is 0.250. The van der Waals surface area contributed by atoms with Gasteiger partial charge >= 0.3 is 0 Å². The van der Waals surface area contributed by atoms with Gasteiger partial charge in [0, 0.05) is 18.8 Å². The molecule has 112 valence electrons. The molecule has 5 heteroatoms. The molecule has 0 unspecified atom stereocenters. The van der Waals surface area contributed by atoms with Crippen LogP contribution in [0.4, 0.5) is 5.69 Å². The molecular weight excluding hydrogens is 284 g/mol. The van der Waals surface area contributed by atoms with Crippen molar-refractivity contribution in [2.75, 3.05) is 12.3 Å². The lowest BCUT2D eigenvalue weighted by Crippen LogP contribution is -2.31. The van der Waals surface area contributed by atoms with E-state index in [4.69, 9.17) is 5.73 Å². The maximum absolute atomic E-state index is 12.7. The molecule has 0 bridgehead atoms. The molecule has 2 rings (SSSR count). The number of sulfonamides is 1. The molecule has 2 aromatic rings. The van der Waals surface area contributed by atoms with Crippen molar-refractivity contribution in [3.05, 3.63) is 60.2 Å². The highest BCUT2D eigenvalue weighted by Gasteiger charge is 2.23.